The highest BCUT2D eigenvalue weighted by Gasteiger charge is 2.12. The molecule has 1 aromatic rings. The molecule has 2 N–H and O–H groups in total. The zero-order valence-corrected chi connectivity index (χ0v) is 12.4. The van der Waals surface area contributed by atoms with E-state index in [0.29, 0.717) is 23.7 Å². The van der Waals surface area contributed by atoms with Gasteiger partial charge in [0.15, 0.2) is 11.5 Å². The maximum Gasteiger partial charge on any atom is 0.324 e. The van der Waals surface area contributed by atoms with Crippen LogP contribution >= 0.6 is 0 Å². The molecule has 8 nitrogen and oxygen atoms in total. The molecule has 1 rings (SSSR count). The number of carboxylic acid groups (broad SMARTS) is 2. The van der Waals surface area contributed by atoms with Gasteiger partial charge in [-0.15, -0.1) is 0 Å². The van der Waals surface area contributed by atoms with E-state index in [0.717, 1.165) is 5.01 Å². The molecule has 0 atom stereocenters. The minimum atomic E-state index is -1.17. The quantitative estimate of drug-likeness (QED) is 0.515. The molecule has 0 unspecified atom stereocenters. The van der Waals surface area contributed by atoms with E-state index in [-0.39, 0.29) is 0 Å². The SMILES string of the molecule is CCOc1c(/C=N\N(CC(=O)O)CC(=O)O)cccc1OC. The molecule has 1 aromatic carbocycles. The van der Waals surface area contributed by atoms with Gasteiger partial charge in [0, 0.05) is 5.56 Å². The molecule has 22 heavy (non-hydrogen) atoms. The van der Waals surface area contributed by atoms with Crippen LogP contribution in [0.4, 0.5) is 0 Å². The molecule has 0 saturated carbocycles. The summed E-state index contributed by atoms with van der Waals surface area (Å²) >= 11 is 0. The highest BCUT2D eigenvalue weighted by atomic mass is 16.5. The number of carbonyl (C=O) groups is 2. The fourth-order valence-electron chi connectivity index (χ4n) is 1.69. The lowest BCUT2D eigenvalue weighted by Gasteiger charge is -2.15. The predicted octanol–water partition coefficient (Wildman–Crippen LogP) is 0.899. The highest BCUT2D eigenvalue weighted by Crippen LogP contribution is 2.30. The Morgan fingerprint density at radius 3 is 2.41 bits per heavy atom. The Balaban J connectivity index is 3.03. The first-order valence-electron chi connectivity index (χ1n) is 6.50. The largest absolute Gasteiger partial charge is 0.493 e. The van der Waals surface area contributed by atoms with Crippen molar-refractivity contribution in [3.8, 4) is 11.5 Å². The van der Waals surface area contributed by atoms with Gasteiger partial charge in [-0.2, -0.15) is 5.10 Å². The molecule has 0 aromatic heterocycles. The smallest absolute Gasteiger partial charge is 0.324 e. The Labute approximate surface area is 127 Å². The molecule has 0 amide bonds. The normalized spacial score (nSPS) is 10.5. The second-order valence-electron chi connectivity index (χ2n) is 4.17. The second-order valence-corrected chi connectivity index (χ2v) is 4.17. The van der Waals surface area contributed by atoms with Crippen molar-refractivity contribution in [3.05, 3.63) is 23.8 Å². The van der Waals surface area contributed by atoms with Gasteiger partial charge in [-0.1, -0.05) is 6.07 Å². The zero-order chi connectivity index (χ0) is 16.5. The maximum atomic E-state index is 10.7. The number of hydrogen-bond donors (Lipinski definition) is 2. The molecular weight excluding hydrogens is 292 g/mol. The summed E-state index contributed by atoms with van der Waals surface area (Å²) in [7, 11) is 1.50. The Bertz CT molecular complexity index is 542. The third-order valence-electron chi connectivity index (χ3n) is 2.51. The van der Waals surface area contributed by atoms with Crippen LogP contribution in [0.2, 0.25) is 0 Å². The standard InChI is InChI=1S/C14H18N2O6/c1-3-22-14-10(5-4-6-11(14)21-2)7-15-16(8-12(17)18)9-13(19)20/h4-7H,3,8-9H2,1-2H3,(H,17,18)(H,19,20)/b15-7-. The van der Waals surface area contributed by atoms with Gasteiger partial charge in [0.05, 0.1) is 19.9 Å². The minimum Gasteiger partial charge on any atom is -0.493 e. The first kappa shape index (κ1) is 17.3. The van der Waals surface area contributed by atoms with E-state index in [1.165, 1.54) is 13.3 Å². The Morgan fingerprint density at radius 2 is 1.91 bits per heavy atom. The van der Waals surface area contributed by atoms with E-state index in [2.05, 4.69) is 5.10 Å². The predicted molar refractivity (Wildman–Crippen MR) is 78.6 cm³/mol. The van der Waals surface area contributed by atoms with Crippen molar-refractivity contribution < 1.29 is 29.3 Å². The first-order valence-corrected chi connectivity index (χ1v) is 6.50. The Morgan fingerprint density at radius 1 is 1.27 bits per heavy atom. The van der Waals surface area contributed by atoms with E-state index >= 15 is 0 Å². The molecule has 0 heterocycles. The number of para-hydroxylation sites is 1. The number of hydrazone groups is 1. The molecule has 0 bridgehead atoms. The summed E-state index contributed by atoms with van der Waals surface area (Å²) in [6.45, 7) is 1.19. The third-order valence-corrected chi connectivity index (χ3v) is 2.51. The average molecular weight is 310 g/mol. The van der Waals surface area contributed by atoms with Gasteiger partial charge < -0.3 is 19.7 Å². The number of benzene rings is 1. The van der Waals surface area contributed by atoms with Crippen LogP contribution in [-0.2, 0) is 9.59 Å². The number of carboxylic acids is 2. The number of rotatable bonds is 9. The lowest BCUT2D eigenvalue weighted by molar-refractivity contribution is -0.141. The molecule has 0 aliphatic carbocycles. The Hall–Kier alpha value is -2.77. The van der Waals surface area contributed by atoms with Crippen molar-refractivity contribution >= 4 is 18.2 Å². The topological polar surface area (TPSA) is 109 Å². The number of methoxy groups -OCH3 is 1. The molecule has 0 aliphatic heterocycles. The second kappa shape index (κ2) is 8.50. The molecular formula is C14H18N2O6. The van der Waals surface area contributed by atoms with E-state index in [1.807, 2.05) is 6.92 Å². The van der Waals surface area contributed by atoms with Crippen molar-refractivity contribution in [2.45, 2.75) is 6.92 Å². The first-order chi connectivity index (χ1) is 10.5. The van der Waals surface area contributed by atoms with Crippen LogP contribution in [0, 0.1) is 0 Å². The van der Waals surface area contributed by atoms with Crippen LogP contribution in [-0.4, -0.2) is 60.2 Å². The van der Waals surface area contributed by atoms with E-state index < -0.39 is 25.0 Å². The molecule has 0 fully saturated rings. The van der Waals surface area contributed by atoms with Gasteiger partial charge >= 0.3 is 11.9 Å². The molecule has 0 saturated heterocycles. The van der Waals surface area contributed by atoms with Crippen LogP contribution in [0.15, 0.2) is 23.3 Å². The monoisotopic (exact) mass is 310 g/mol. The summed E-state index contributed by atoms with van der Waals surface area (Å²) in [6, 6.07) is 5.15. The van der Waals surface area contributed by atoms with Crippen LogP contribution in [0.3, 0.4) is 0 Å². The molecule has 8 heteroatoms. The summed E-state index contributed by atoms with van der Waals surface area (Å²) in [4.78, 5) is 21.4. The minimum absolute atomic E-state index is 0.412. The van der Waals surface area contributed by atoms with Crippen LogP contribution < -0.4 is 9.47 Å². The maximum absolute atomic E-state index is 10.7. The molecule has 120 valence electrons. The van der Waals surface area contributed by atoms with Crippen molar-refractivity contribution in [3.63, 3.8) is 0 Å². The van der Waals surface area contributed by atoms with Crippen molar-refractivity contribution in [2.75, 3.05) is 26.8 Å². The fraction of sp³-hybridized carbons (Fsp3) is 0.357. The van der Waals surface area contributed by atoms with Gasteiger partial charge in [-0.3, -0.25) is 14.6 Å². The Kier molecular flexibility index (Phi) is 6.68. The summed E-state index contributed by atoms with van der Waals surface area (Å²) in [5, 5.41) is 22.4. The number of nitrogens with zero attached hydrogens (tertiary/aromatic N) is 2. The van der Waals surface area contributed by atoms with Gasteiger partial charge in [-0.25, -0.2) is 0 Å². The van der Waals surface area contributed by atoms with Gasteiger partial charge in [-0.05, 0) is 19.1 Å². The highest BCUT2D eigenvalue weighted by molar-refractivity contribution is 5.85. The van der Waals surface area contributed by atoms with Gasteiger partial charge in [0.1, 0.15) is 13.1 Å². The number of hydrogen-bond acceptors (Lipinski definition) is 6. The molecule has 0 spiro atoms. The summed E-state index contributed by atoms with van der Waals surface area (Å²) in [5.41, 5.74) is 0.557. The van der Waals surface area contributed by atoms with Gasteiger partial charge in [0.2, 0.25) is 0 Å². The van der Waals surface area contributed by atoms with Crippen LogP contribution in [0.25, 0.3) is 0 Å². The molecule has 0 aliphatic rings. The van der Waals surface area contributed by atoms with Gasteiger partial charge in [0.25, 0.3) is 0 Å². The summed E-state index contributed by atoms with van der Waals surface area (Å²) in [6.07, 6.45) is 1.35. The lowest BCUT2D eigenvalue weighted by Crippen LogP contribution is -2.30. The third kappa shape index (κ3) is 5.31. The van der Waals surface area contributed by atoms with Crippen molar-refractivity contribution in [1.29, 1.82) is 0 Å². The van der Waals surface area contributed by atoms with E-state index in [4.69, 9.17) is 19.7 Å². The van der Waals surface area contributed by atoms with Crippen molar-refractivity contribution in [2.24, 2.45) is 5.10 Å². The number of aliphatic carboxylic acids is 2. The number of ether oxygens (including phenoxy) is 2. The van der Waals surface area contributed by atoms with Crippen LogP contribution in [0.1, 0.15) is 12.5 Å². The van der Waals surface area contributed by atoms with Crippen molar-refractivity contribution in [1.82, 2.24) is 5.01 Å². The molecule has 0 radical (unpaired) electrons. The van der Waals surface area contributed by atoms with Crippen LogP contribution in [0.5, 0.6) is 11.5 Å². The summed E-state index contributed by atoms with van der Waals surface area (Å²) in [5.74, 6) is -1.38. The fourth-order valence-corrected chi connectivity index (χ4v) is 1.69. The van der Waals surface area contributed by atoms with E-state index in [1.54, 1.807) is 18.2 Å². The lowest BCUT2D eigenvalue weighted by atomic mass is 10.2. The summed E-state index contributed by atoms with van der Waals surface area (Å²) < 4.78 is 10.7. The zero-order valence-electron chi connectivity index (χ0n) is 12.4. The van der Waals surface area contributed by atoms with E-state index in [9.17, 15) is 9.59 Å². The average Bonchev–Trinajstić information content (AvgIpc) is 2.44.